The normalized spacial score (nSPS) is 20.8. The first-order valence-electron chi connectivity index (χ1n) is 4.31. The van der Waals surface area contributed by atoms with Gasteiger partial charge in [0.05, 0.1) is 12.5 Å². The fraction of sp³-hybridized carbons (Fsp3) is 0.875. The van der Waals surface area contributed by atoms with Crippen molar-refractivity contribution in [2.24, 2.45) is 5.92 Å². The van der Waals surface area contributed by atoms with Crippen LogP contribution in [0.2, 0.25) is 0 Å². The molecule has 0 aromatic rings. The highest BCUT2D eigenvalue weighted by Crippen LogP contribution is 2.20. The van der Waals surface area contributed by atoms with Gasteiger partial charge in [-0.3, -0.25) is 4.79 Å². The molecule has 4 heteroatoms. The molecule has 0 aromatic heterocycles. The van der Waals surface area contributed by atoms with E-state index in [4.69, 9.17) is 4.74 Å². The van der Waals surface area contributed by atoms with Gasteiger partial charge in [-0.1, -0.05) is 0 Å². The third kappa shape index (κ3) is 2.90. The molecule has 1 aliphatic heterocycles. The molecule has 0 bridgehead atoms. The molecule has 1 rings (SSSR count). The molecule has 0 aliphatic carbocycles. The zero-order chi connectivity index (χ0) is 8.97. The molecular weight excluding hydrogens is 269 g/mol. The number of ether oxygens (including phenoxy) is 1. The summed E-state index contributed by atoms with van der Waals surface area (Å²) in [5.41, 5.74) is 0. The Morgan fingerprint density at radius 3 is 2.67 bits per heavy atom. The molecule has 0 saturated carbocycles. The molecule has 70 valence electrons. The first kappa shape index (κ1) is 10.2. The third-order valence-corrected chi connectivity index (χ3v) is 3.03. The number of halogens is 1. The van der Waals surface area contributed by atoms with E-state index in [2.05, 4.69) is 26.0 Å². The van der Waals surface area contributed by atoms with Crippen LogP contribution in [0.5, 0.6) is 0 Å². The van der Waals surface area contributed by atoms with E-state index in [1.165, 1.54) is 0 Å². The smallest absolute Gasteiger partial charge is 0.309 e. The van der Waals surface area contributed by atoms with E-state index in [0.717, 1.165) is 25.9 Å². The number of carbonyl (C=O) groups excluding carboxylic acids is 1. The lowest BCUT2D eigenvalue weighted by atomic mass is 9.99. The van der Waals surface area contributed by atoms with Crippen LogP contribution in [0.3, 0.4) is 0 Å². The van der Waals surface area contributed by atoms with Crippen LogP contribution < -0.4 is 0 Å². The SMILES string of the molecule is CCOC(=O)C1CCN(I)CC1. The van der Waals surface area contributed by atoms with E-state index < -0.39 is 0 Å². The van der Waals surface area contributed by atoms with Gasteiger partial charge < -0.3 is 4.74 Å². The fourth-order valence-corrected chi connectivity index (χ4v) is 1.90. The van der Waals surface area contributed by atoms with E-state index in [9.17, 15) is 4.79 Å². The highest BCUT2D eigenvalue weighted by Gasteiger charge is 2.24. The lowest BCUT2D eigenvalue weighted by Gasteiger charge is -2.25. The zero-order valence-electron chi connectivity index (χ0n) is 7.25. The summed E-state index contributed by atoms with van der Waals surface area (Å²) in [5, 5.41) is 0. The summed E-state index contributed by atoms with van der Waals surface area (Å²) < 4.78 is 7.17. The number of nitrogens with zero attached hydrogens (tertiary/aromatic N) is 1. The number of hydrogen-bond donors (Lipinski definition) is 0. The number of rotatable bonds is 2. The highest BCUT2D eigenvalue weighted by molar-refractivity contribution is 14.1. The standard InChI is InChI=1S/C8H14INO2/c1-2-12-8(11)7-3-5-10(9)6-4-7/h7H,2-6H2,1H3. The lowest BCUT2D eigenvalue weighted by Crippen LogP contribution is -2.31. The average Bonchev–Trinajstić information content (AvgIpc) is 2.06. The van der Waals surface area contributed by atoms with Gasteiger partial charge in [-0.05, 0) is 19.8 Å². The molecule has 0 atom stereocenters. The fourth-order valence-electron chi connectivity index (χ4n) is 1.34. The first-order valence-corrected chi connectivity index (χ1v) is 5.28. The Bertz CT molecular complexity index is 155. The zero-order valence-corrected chi connectivity index (χ0v) is 9.41. The number of piperidine rings is 1. The van der Waals surface area contributed by atoms with E-state index in [1.807, 2.05) is 6.92 Å². The van der Waals surface area contributed by atoms with Crippen molar-refractivity contribution in [3.05, 3.63) is 0 Å². The molecule has 1 heterocycles. The van der Waals surface area contributed by atoms with Crippen LogP contribution in [-0.2, 0) is 9.53 Å². The second-order valence-electron chi connectivity index (χ2n) is 2.94. The second kappa shape index (κ2) is 5.01. The van der Waals surface area contributed by atoms with Gasteiger partial charge in [-0.2, -0.15) is 0 Å². The summed E-state index contributed by atoms with van der Waals surface area (Å²) in [6.45, 7) is 4.36. The van der Waals surface area contributed by atoms with Crippen LogP contribution in [0.15, 0.2) is 0 Å². The summed E-state index contributed by atoms with van der Waals surface area (Å²) in [6, 6.07) is 0. The topological polar surface area (TPSA) is 29.5 Å². The minimum Gasteiger partial charge on any atom is -0.466 e. The summed E-state index contributed by atoms with van der Waals surface area (Å²) in [4.78, 5) is 11.3. The van der Waals surface area contributed by atoms with Crippen molar-refractivity contribution in [1.29, 1.82) is 0 Å². The first-order chi connectivity index (χ1) is 5.74. The van der Waals surface area contributed by atoms with E-state index in [-0.39, 0.29) is 11.9 Å². The number of esters is 1. The van der Waals surface area contributed by atoms with Crippen LogP contribution in [0.1, 0.15) is 19.8 Å². The van der Waals surface area contributed by atoms with Gasteiger partial charge in [-0.25, -0.2) is 3.11 Å². The molecule has 1 fully saturated rings. The van der Waals surface area contributed by atoms with Crippen molar-refractivity contribution < 1.29 is 9.53 Å². The quantitative estimate of drug-likeness (QED) is 0.438. The molecular formula is C8H14INO2. The van der Waals surface area contributed by atoms with E-state index in [1.54, 1.807) is 0 Å². The molecule has 0 spiro atoms. The van der Waals surface area contributed by atoms with Crippen molar-refractivity contribution in [3.8, 4) is 0 Å². The Balaban J connectivity index is 2.29. The summed E-state index contributed by atoms with van der Waals surface area (Å²) in [6.07, 6.45) is 1.89. The summed E-state index contributed by atoms with van der Waals surface area (Å²) in [5.74, 6) is 0.137. The highest BCUT2D eigenvalue weighted by atomic mass is 127. The van der Waals surface area contributed by atoms with Crippen molar-refractivity contribution >= 4 is 28.8 Å². The average molecular weight is 283 g/mol. The van der Waals surface area contributed by atoms with Crippen molar-refractivity contribution in [2.45, 2.75) is 19.8 Å². The van der Waals surface area contributed by atoms with Gasteiger partial charge in [-0.15, -0.1) is 0 Å². The minimum atomic E-state index is -0.0120. The molecule has 3 nitrogen and oxygen atoms in total. The summed E-state index contributed by atoms with van der Waals surface area (Å²) >= 11 is 2.29. The van der Waals surface area contributed by atoms with E-state index >= 15 is 0 Å². The molecule has 12 heavy (non-hydrogen) atoms. The Kier molecular flexibility index (Phi) is 4.28. The largest absolute Gasteiger partial charge is 0.466 e. The third-order valence-electron chi connectivity index (χ3n) is 2.06. The maximum absolute atomic E-state index is 11.3. The predicted molar refractivity (Wildman–Crippen MR) is 55.0 cm³/mol. The summed E-state index contributed by atoms with van der Waals surface area (Å²) in [7, 11) is 0. The lowest BCUT2D eigenvalue weighted by molar-refractivity contribution is -0.149. The maximum atomic E-state index is 11.3. The van der Waals surface area contributed by atoms with Crippen molar-refractivity contribution in [3.63, 3.8) is 0 Å². The second-order valence-corrected chi connectivity index (χ2v) is 4.30. The molecule has 0 radical (unpaired) electrons. The Hall–Kier alpha value is 0.160. The maximum Gasteiger partial charge on any atom is 0.309 e. The van der Waals surface area contributed by atoms with Gasteiger partial charge in [0.2, 0.25) is 0 Å². The van der Waals surface area contributed by atoms with Crippen LogP contribution in [0.25, 0.3) is 0 Å². The number of hydrogen-bond acceptors (Lipinski definition) is 3. The van der Waals surface area contributed by atoms with Crippen LogP contribution in [-0.4, -0.2) is 28.8 Å². The Morgan fingerprint density at radius 1 is 1.58 bits per heavy atom. The van der Waals surface area contributed by atoms with Crippen LogP contribution in [0.4, 0.5) is 0 Å². The molecule has 0 aromatic carbocycles. The minimum absolute atomic E-state index is 0.0120. The molecule has 0 unspecified atom stereocenters. The number of carbonyl (C=O) groups is 1. The van der Waals surface area contributed by atoms with Gasteiger partial charge >= 0.3 is 5.97 Å². The van der Waals surface area contributed by atoms with Crippen molar-refractivity contribution in [1.82, 2.24) is 3.11 Å². The molecule has 1 saturated heterocycles. The Labute approximate surface area is 86.9 Å². The van der Waals surface area contributed by atoms with Gasteiger partial charge in [0.15, 0.2) is 0 Å². The van der Waals surface area contributed by atoms with Gasteiger partial charge in [0.25, 0.3) is 0 Å². The predicted octanol–water partition coefficient (Wildman–Crippen LogP) is 1.61. The van der Waals surface area contributed by atoms with Crippen molar-refractivity contribution in [2.75, 3.05) is 19.7 Å². The van der Waals surface area contributed by atoms with Crippen LogP contribution in [0, 0.1) is 5.92 Å². The van der Waals surface area contributed by atoms with Gasteiger partial charge in [0.1, 0.15) is 0 Å². The molecule has 0 amide bonds. The van der Waals surface area contributed by atoms with Gasteiger partial charge in [0, 0.05) is 36.0 Å². The van der Waals surface area contributed by atoms with Crippen LogP contribution >= 0.6 is 22.9 Å². The Morgan fingerprint density at radius 2 is 2.17 bits per heavy atom. The molecule has 0 N–H and O–H groups in total. The van der Waals surface area contributed by atoms with E-state index in [0.29, 0.717) is 6.61 Å². The monoisotopic (exact) mass is 283 g/mol. The molecule has 1 aliphatic rings.